The minimum Gasteiger partial charge on any atom is -0.350 e. The number of rotatable bonds is 8. The minimum absolute atomic E-state index is 0.0269. The molecule has 0 bridgehead atoms. The summed E-state index contributed by atoms with van der Waals surface area (Å²) in [6, 6.07) is 10.1. The van der Waals surface area contributed by atoms with Crippen LogP contribution in [-0.2, 0) is 21.4 Å². The zero-order chi connectivity index (χ0) is 24.2. The molecule has 0 aliphatic rings. The first-order valence-electron chi connectivity index (χ1n) is 9.96. The van der Waals surface area contributed by atoms with Crippen LogP contribution in [0.1, 0.15) is 21.7 Å². The van der Waals surface area contributed by atoms with E-state index in [9.17, 15) is 22.4 Å². The van der Waals surface area contributed by atoms with Gasteiger partial charge in [0.15, 0.2) is 0 Å². The Balaban J connectivity index is 1.55. The number of aryl methyl sites for hydroxylation is 1. The molecule has 0 fully saturated rings. The van der Waals surface area contributed by atoms with E-state index < -0.39 is 27.7 Å². The molecule has 174 valence electrons. The molecule has 0 radical (unpaired) electrons. The Bertz CT molecular complexity index is 1290. The van der Waals surface area contributed by atoms with Crippen molar-refractivity contribution >= 4 is 21.8 Å². The van der Waals surface area contributed by atoms with Gasteiger partial charge in [-0.15, -0.1) is 0 Å². The molecule has 0 aliphatic heterocycles. The molecule has 0 unspecified atom stereocenters. The van der Waals surface area contributed by atoms with E-state index in [2.05, 4.69) is 15.6 Å². The molecular formula is C22H24FN5O4S. The summed E-state index contributed by atoms with van der Waals surface area (Å²) in [6.45, 7) is 1.52. The normalized spacial score (nSPS) is 11.4. The molecule has 3 rings (SSSR count). The monoisotopic (exact) mass is 473 g/mol. The van der Waals surface area contributed by atoms with Gasteiger partial charge in [0.1, 0.15) is 11.6 Å². The summed E-state index contributed by atoms with van der Waals surface area (Å²) in [5.41, 5.74) is 1.01. The number of sulfonamides is 1. The zero-order valence-corrected chi connectivity index (χ0v) is 19.2. The topological polar surface area (TPSA) is 113 Å². The van der Waals surface area contributed by atoms with Crippen molar-refractivity contribution < 1.29 is 22.4 Å². The number of nitrogens with one attached hydrogen (secondary N) is 2. The summed E-state index contributed by atoms with van der Waals surface area (Å²) in [4.78, 5) is 28.5. The van der Waals surface area contributed by atoms with Gasteiger partial charge in [0.2, 0.25) is 15.9 Å². The van der Waals surface area contributed by atoms with Crippen molar-refractivity contribution in [1.82, 2.24) is 24.5 Å². The second-order valence-electron chi connectivity index (χ2n) is 7.40. The van der Waals surface area contributed by atoms with Crippen LogP contribution in [0.5, 0.6) is 0 Å². The number of halogens is 1. The Hall–Kier alpha value is -3.57. The van der Waals surface area contributed by atoms with Crippen molar-refractivity contribution in [1.29, 1.82) is 0 Å². The number of hydrogen-bond donors (Lipinski definition) is 2. The Morgan fingerprint density at radius 2 is 1.88 bits per heavy atom. The van der Waals surface area contributed by atoms with Crippen molar-refractivity contribution in [3.05, 3.63) is 77.6 Å². The lowest BCUT2D eigenvalue weighted by Gasteiger charge is -2.12. The highest BCUT2D eigenvalue weighted by atomic mass is 32.2. The van der Waals surface area contributed by atoms with Crippen LogP contribution in [0.4, 0.5) is 4.39 Å². The summed E-state index contributed by atoms with van der Waals surface area (Å²) >= 11 is 0. The fraction of sp³-hybridized carbons (Fsp3) is 0.227. The number of amides is 2. The van der Waals surface area contributed by atoms with E-state index in [4.69, 9.17) is 0 Å². The predicted molar refractivity (Wildman–Crippen MR) is 120 cm³/mol. The van der Waals surface area contributed by atoms with E-state index in [1.165, 1.54) is 44.4 Å². The largest absolute Gasteiger partial charge is 0.350 e. The van der Waals surface area contributed by atoms with Crippen molar-refractivity contribution in [2.45, 2.75) is 18.4 Å². The van der Waals surface area contributed by atoms with Gasteiger partial charge < -0.3 is 15.2 Å². The minimum atomic E-state index is -3.69. The van der Waals surface area contributed by atoms with Crippen LogP contribution < -0.4 is 10.6 Å². The molecule has 0 saturated heterocycles. The van der Waals surface area contributed by atoms with E-state index in [1.807, 2.05) is 0 Å². The molecule has 0 spiro atoms. The number of carbonyl (C=O) groups is 2. The molecule has 2 N–H and O–H groups in total. The Morgan fingerprint density at radius 3 is 2.52 bits per heavy atom. The molecule has 33 heavy (non-hydrogen) atoms. The smallest absolute Gasteiger partial charge is 0.251 e. The molecule has 9 nitrogen and oxygen atoms in total. The zero-order valence-electron chi connectivity index (χ0n) is 18.4. The third-order valence-electron chi connectivity index (χ3n) is 4.87. The van der Waals surface area contributed by atoms with E-state index in [0.29, 0.717) is 17.1 Å². The fourth-order valence-electron chi connectivity index (χ4n) is 3.02. The third-order valence-corrected chi connectivity index (χ3v) is 6.68. The van der Waals surface area contributed by atoms with Crippen LogP contribution in [0.2, 0.25) is 0 Å². The van der Waals surface area contributed by atoms with Crippen LogP contribution in [0.25, 0.3) is 5.69 Å². The number of hydrogen-bond acceptors (Lipinski definition) is 5. The third kappa shape index (κ3) is 5.62. The number of nitrogens with zero attached hydrogens (tertiary/aromatic N) is 3. The second-order valence-corrected chi connectivity index (χ2v) is 9.56. The Kier molecular flexibility index (Phi) is 7.24. The maximum atomic E-state index is 14.5. The van der Waals surface area contributed by atoms with E-state index >= 15 is 0 Å². The first kappa shape index (κ1) is 24.1. The molecule has 1 heterocycles. The van der Waals surface area contributed by atoms with Gasteiger partial charge in [-0.25, -0.2) is 22.1 Å². The first-order valence-corrected chi connectivity index (χ1v) is 11.4. The molecule has 2 amide bonds. The second kappa shape index (κ2) is 9.92. The van der Waals surface area contributed by atoms with Gasteiger partial charge in [-0.1, -0.05) is 12.1 Å². The fourth-order valence-corrected chi connectivity index (χ4v) is 3.97. The van der Waals surface area contributed by atoms with Crippen LogP contribution in [0.3, 0.4) is 0 Å². The molecule has 0 aliphatic carbocycles. The maximum absolute atomic E-state index is 14.5. The Labute approximate surface area is 191 Å². The first-order chi connectivity index (χ1) is 15.6. The molecule has 1 aromatic heterocycles. The summed E-state index contributed by atoms with van der Waals surface area (Å²) in [5, 5.41) is 5.05. The van der Waals surface area contributed by atoms with E-state index in [0.717, 1.165) is 4.31 Å². The summed E-state index contributed by atoms with van der Waals surface area (Å²) < 4.78 is 41.6. The van der Waals surface area contributed by atoms with Crippen LogP contribution in [-0.4, -0.2) is 54.7 Å². The summed E-state index contributed by atoms with van der Waals surface area (Å²) in [6.07, 6.45) is 3.23. The summed E-state index contributed by atoms with van der Waals surface area (Å²) in [7, 11) is -0.902. The lowest BCUT2D eigenvalue weighted by molar-refractivity contribution is -0.120. The van der Waals surface area contributed by atoms with Gasteiger partial charge >= 0.3 is 0 Å². The van der Waals surface area contributed by atoms with Gasteiger partial charge in [0.25, 0.3) is 5.91 Å². The highest BCUT2D eigenvalue weighted by molar-refractivity contribution is 7.89. The average Bonchev–Trinajstić information content (AvgIpc) is 3.21. The number of benzene rings is 2. The van der Waals surface area contributed by atoms with Crippen LogP contribution in [0.15, 0.2) is 59.8 Å². The Morgan fingerprint density at radius 1 is 1.12 bits per heavy atom. The number of imidazole rings is 1. The van der Waals surface area contributed by atoms with Crippen molar-refractivity contribution in [2.24, 2.45) is 0 Å². The van der Waals surface area contributed by atoms with Gasteiger partial charge in [0, 0.05) is 38.6 Å². The number of carbonyl (C=O) groups excluding carboxylic acids is 2. The van der Waals surface area contributed by atoms with Gasteiger partial charge in [0.05, 0.1) is 17.1 Å². The standard InChI is InChI=1S/C22H24FN5O4S/c1-15-24-9-10-28(15)20-8-7-16(11-19(20)23)13-25-21(29)14-26-22(30)17-5-4-6-18(12-17)33(31,32)27(2)3/h4-12H,13-14H2,1-3H3,(H,25,29)(H,26,30). The maximum Gasteiger partial charge on any atom is 0.251 e. The molecule has 0 atom stereocenters. The average molecular weight is 474 g/mol. The van der Waals surface area contributed by atoms with Crippen molar-refractivity contribution in [2.75, 3.05) is 20.6 Å². The number of aromatic nitrogens is 2. The SMILES string of the molecule is Cc1nccn1-c1ccc(CNC(=O)CNC(=O)c2cccc(S(=O)(=O)N(C)C)c2)cc1F. The van der Waals surface area contributed by atoms with Gasteiger partial charge in [-0.05, 0) is 42.8 Å². The van der Waals surface area contributed by atoms with Crippen LogP contribution >= 0.6 is 0 Å². The van der Waals surface area contributed by atoms with Crippen molar-refractivity contribution in [3.8, 4) is 5.69 Å². The van der Waals surface area contributed by atoms with Gasteiger partial charge in [-0.3, -0.25) is 9.59 Å². The molecule has 2 aromatic carbocycles. The molecular weight excluding hydrogens is 449 g/mol. The van der Waals surface area contributed by atoms with E-state index in [-0.39, 0.29) is 23.5 Å². The highest BCUT2D eigenvalue weighted by Gasteiger charge is 2.19. The lowest BCUT2D eigenvalue weighted by Crippen LogP contribution is -2.36. The molecule has 11 heteroatoms. The van der Waals surface area contributed by atoms with Crippen LogP contribution in [0, 0.1) is 12.7 Å². The quantitative estimate of drug-likeness (QED) is 0.516. The van der Waals surface area contributed by atoms with Gasteiger partial charge in [-0.2, -0.15) is 0 Å². The highest BCUT2D eigenvalue weighted by Crippen LogP contribution is 2.17. The summed E-state index contributed by atoms with van der Waals surface area (Å²) in [5.74, 6) is -0.873. The van der Waals surface area contributed by atoms with E-state index in [1.54, 1.807) is 36.0 Å². The predicted octanol–water partition coefficient (Wildman–Crippen LogP) is 1.62. The van der Waals surface area contributed by atoms with Crippen molar-refractivity contribution in [3.63, 3.8) is 0 Å². The molecule has 0 saturated carbocycles. The molecule has 3 aromatic rings. The lowest BCUT2D eigenvalue weighted by atomic mass is 10.2.